The van der Waals surface area contributed by atoms with Crippen LogP contribution in [-0.4, -0.2) is 6.71 Å². The Morgan fingerprint density at radius 3 is 1.20 bits per heavy atom. The van der Waals surface area contributed by atoms with Crippen molar-refractivity contribution >= 4 is 74.3 Å². The third-order valence-corrected chi connectivity index (χ3v) is 22.0. The monoisotopic (exact) mass is 1200 g/mol. The van der Waals surface area contributed by atoms with Crippen LogP contribution in [0.4, 0.5) is 51.2 Å². The minimum Gasteiger partial charge on any atom is -0.311 e. The Morgan fingerprint density at radius 2 is 0.696 bits per heavy atom. The van der Waals surface area contributed by atoms with Gasteiger partial charge < -0.3 is 14.7 Å². The van der Waals surface area contributed by atoms with E-state index in [9.17, 15) is 0 Å². The number of anilines is 9. The zero-order valence-corrected chi connectivity index (χ0v) is 58.5. The molecule has 3 nitrogen and oxygen atoms in total. The van der Waals surface area contributed by atoms with E-state index in [2.05, 4.69) is 359 Å². The standard InChI is InChI=1S/C88H94BN3/c1-81(2,3)56-34-39-60(40-35-56)90(61-41-36-57(37-42-61)82(4,5)6)63-44-47-76-73(52-63)89-74-53-71-72(88(19,20)68-33-27-26-32-67(68)87(71,17)18)54-77(74)92(75-46-38-58(83(7,8)9)48-64(75)55-28-22-21-23-29-55)79-50-59(84(10,11)12)49-78(80(79)89)91(76)62-43-45-69-70(51-62)86(15,16)66-31-25-24-30-65(66)85(69,13)14/h21-54H,1-20H3. The van der Waals surface area contributed by atoms with Gasteiger partial charge in [-0.1, -0.05) is 260 Å². The Hall–Kier alpha value is -8.34. The van der Waals surface area contributed by atoms with Crippen LogP contribution < -0.4 is 31.1 Å². The van der Waals surface area contributed by atoms with Crippen LogP contribution in [0.25, 0.3) is 11.1 Å². The maximum atomic E-state index is 2.72. The Labute approximate surface area is 551 Å². The Morgan fingerprint density at radius 1 is 0.293 bits per heavy atom. The topological polar surface area (TPSA) is 9.72 Å². The lowest BCUT2D eigenvalue weighted by molar-refractivity contribution is 0.521. The van der Waals surface area contributed by atoms with Crippen molar-refractivity contribution in [3.05, 3.63) is 273 Å². The molecule has 2 aliphatic heterocycles. The molecule has 0 spiro atoms. The van der Waals surface area contributed by atoms with Crippen LogP contribution in [0.5, 0.6) is 0 Å². The molecule has 92 heavy (non-hydrogen) atoms. The van der Waals surface area contributed by atoms with E-state index in [-0.39, 0.29) is 50.0 Å². The first-order valence-corrected chi connectivity index (χ1v) is 33.9. The van der Waals surface area contributed by atoms with Crippen LogP contribution >= 0.6 is 0 Å². The molecule has 4 aliphatic rings. The summed E-state index contributed by atoms with van der Waals surface area (Å²) in [5.41, 5.74) is 32.0. The largest absolute Gasteiger partial charge is 0.311 e. The van der Waals surface area contributed by atoms with Gasteiger partial charge in [0.15, 0.2) is 0 Å². The zero-order chi connectivity index (χ0) is 65.4. The number of rotatable bonds is 6. The lowest BCUT2D eigenvalue weighted by atomic mass is 9.33. The summed E-state index contributed by atoms with van der Waals surface area (Å²) < 4.78 is 0. The molecule has 14 rings (SSSR count). The highest BCUT2D eigenvalue weighted by atomic mass is 15.2. The summed E-state index contributed by atoms with van der Waals surface area (Å²) in [4.78, 5) is 7.92. The van der Waals surface area contributed by atoms with Gasteiger partial charge in [-0.15, -0.1) is 0 Å². The van der Waals surface area contributed by atoms with Gasteiger partial charge >= 0.3 is 0 Å². The quantitative estimate of drug-likeness (QED) is 0.154. The van der Waals surface area contributed by atoms with Crippen molar-refractivity contribution in [3.63, 3.8) is 0 Å². The van der Waals surface area contributed by atoms with Gasteiger partial charge in [-0.05, 0) is 195 Å². The molecule has 2 heterocycles. The Kier molecular flexibility index (Phi) is 13.7. The Balaban J connectivity index is 1.13. The summed E-state index contributed by atoms with van der Waals surface area (Å²) in [6.07, 6.45) is 0. The predicted octanol–water partition coefficient (Wildman–Crippen LogP) is 22.0. The van der Waals surface area contributed by atoms with Gasteiger partial charge in [-0.2, -0.15) is 0 Å². The zero-order valence-electron chi connectivity index (χ0n) is 58.5. The molecular formula is C88H94BN3. The molecule has 0 saturated heterocycles. The molecule has 0 radical (unpaired) electrons. The van der Waals surface area contributed by atoms with Gasteiger partial charge in [0, 0.05) is 72.7 Å². The molecule has 0 fully saturated rings. The molecule has 0 saturated carbocycles. The van der Waals surface area contributed by atoms with E-state index in [1.165, 1.54) is 128 Å². The maximum absolute atomic E-state index is 2.72. The molecule has 0 aromatic heterocycles. The van der Waals surface area contributed by atoms with Gasteiger partial charge in [-0.25, -0.2) is 0 Å². The Bertz CT molecular complexity index is 4550. The van der Waals surface area contributed by atoms with E-state index in [0.717, 1.165) is 17.1 Å². The summed E-state index contributed by atoms with van der Waals surface area (Å²) in [5, 5.41) is 0. The summed E-state index contributed by atoms with van der Waals surface area (Å²) in [5.74, 6) is 0. The predicted molar refractivity (Wildman–Crippen MR) is 397 cm³/mol. The van der Waals surface area contributed by atoms with Gasteiger partial charge in [0.1, 0.15) is 0 Å². The molecule has 10 aromatic carbocycles. The van der Waals surface area contributed by atoms with Crippen molar-refractivity contribution in [2.75, 3.05) is 14.7 Å². The second kappa shape index (κ2) is 20.6. The van der Waals surface area contributed by atoms with Crippen LogP contribution in [0.3, 0.4) is 0 Å². The minimum absolute atomic E-state index is 0.000216. The molecule has 0 N–H and O–H groups in total. The third kappa shape index (κ3) is 9.49. The van der Waals surface area contributed by atoms with Crippen molar-refractivity contribution in [1.29, 1.82) is 0 Å². The number of nitrogens with zero attached hydrogens (tertiary/aromatic N) is 3. The molecule has 0 bridgehead atoms. The second-order valence-corrected chi connectivity index (χ2v) is 33.6. The van der Waals surface area contributed by atoms with Crippen molar-refractivity contribution < 1.29 is 0 Å². The maximum Gasteiger partial charge on any atom is 0.252 e. The normalized spacial score (nSPS) is 16.3. The lowest BCUT2D eigenvalue weighted by Crippen LogP contribution is -2.62. The fraction of sp³-hybridized carbons (Fsp3) is 0.318. The summed E-state index contributed by atoms with van der Waals surface area (Å²) >= 11 is 0. The third-order valence-electron chi connectivity index (χ3n) is 22.0. The fourth-order valence-corrected chi connectivity index (χ4v) is 16.4. The fourth-order valence-electron chi connectivity index (χ4n) is 16.4. The van der Waals surface area contributed by atoms with Gasteiger partial charge in [0.05, 0.1) is 5.69 Å². The van der Waals surface area contributed by atoms with E-state index in [0.29, 0.717) is 0 Å². The van der Waals surface area contributed by atoms with Crippen LogP contribution in [-0.2, 0) is 43.3 Å². The minimum atomic E-state index is -0.299. The SMILES string of the molecule is CC(C)(C)c1ccc(N(c2ccc(C(C)(C)C)cc2)c2ccc3c(c2)B2c4cc5c(cc4N(c4ccc(C(C)(C)C)cc4-c4ccccc4)c4cc(C(C)(C)C)cc(c42)N3c2ccc3c(c2)C(C)(C)c2ccccc2C3(C)C)C(C)(C)c2ccccc2C5(C)C)cc1. The van der Waals surface area contributed by atoms with Crippen LogP contribution in [0.2, 0.25) is 0 Å². The highest BCUT2D eigenvalue weighted by Crippen LogP contribution is 2.56. The summed E-state index contributed by atoms with van der Waals surface area (Å²) in [7, 11) is 0. The molecule has 2 aliphatic carbocycles. The van der Waals surface area contributed by atoms with E-state index < -0.39 is 0 Å². The van der Waals surface area contributed by atoms with E-state index >= 15 is 0 Å². The first-order valence-electron chi connectivity index (χ1n) is 33.9. The highest BCUT2D eigenvalue weighted by molar-refractivity contribution is 7.00. The van der Waals surface area contributed by atoms with Crippen molar-refractivity contribution in [1.82, 2.24) is 0 Å². The van der Waals surface area contributed by atoms with E-state index in [1.807, 2.05) is 0 Å². The molecular weight excluding hydrogens is 1110 g/mol. The molecule has 0 amide bonds. The average molecular weight is 1200 g/mol. The van der Waals surface area contributed by atoms with E-state index in [4.69, 9.17) is 0 Å². The molecule has 10 aromatic rings. The molecule has 0 unspecified atom stereocenters. The molecule has 464 valence electrons. The first-order chi connectivity index (χ1) is 43.2. The number of fused-ring (bicyclic) bond motifs is 8. The van der Waals surface area contributed by atoms with Gasteiger partial charge in [0.25, 0.3) is 6.71 Å². The second-order valence-electron chi connectivity index (χ2n) is 33.6. The smallest absolute Gasteiger partial charge is 0.252 e. The van der Waals surface area contributed by atoms with Crippen molar-refractivity contribution in [3.8, 4) is 11.1 Å². The number of benzene rings is 10. The average Bonchev–Trinajstić information content (AvgIpc) is 0.685. The summed E-state index contributed by atoms with van der Waals surface area (Å²) in [6, 6.07) is 81.3. The van der Waals surface area contributed by atoms with Crippen molar-refractivity contribution in [2.45, 2.75) is 182 Å². The molecule has 4 heteroatoms. The van der Waals surface area contributed by atoms with Crippen LogP contribution in [0, 0.1) is 0 Å². The van der Waals surface area contributed by atoms with Crippen molar-refractivity contribution in [2.24, 2.45) is 0 Å². The van der Waals surface area contributed by atoms with Gasteiger partial charge in [0.2, 0.25) is 0 Å². The van der Waals surface area contributed by atoms with Crippen LogP contribution in [0.15, 0.2) is 206 Å². The lowest BCUT2D eigenvalue weighted by Gasteiger charge is -2.49. The number of hydrogen-bond acceptors (Lipinski definition) is 3. The highest BCUT2D eigenvalue weighted by Gasteiger charge is 2.50. The number of hydrogen-bond donors (Lipinski definition) is 0. The summed E-state index contributed by atoms with van der Waals surface area (Å²) in [6.45, 7) is 47.5. The van der Waals surface area contributed by atoms with Gasteiger partial charge in [-0.3, -0.25) is 0 Å². The van der Waals surface area contributed by atoms with Crippen LogP contribution in [0.1, 0.15) is 205 Å². The van der Waals surface area contributed by atoms with E-state index in [1.54, 1.807) is 0 Å². The molecule has 0 atom stereocenters. The first kappa shape index (κ1) is 61.2.